The van der Waals surface area contributed by atoms with E-state index in [2.05, 4.69) is 0 Å². The number of alkyl halides is 3. The summed E-state index contributed by atoms with van der Waals surface area (Å²) < 4.78 is 36.3. The largest absolute Gasteiger partial charge is 0.389 e. The van der Waals surface area contributed by atoms with Crippen LogP contribution in [-0.4, -0.2) is 6.18 Å². The van der Waals surface area contributed by atoms with Crippen molar-refractivity contribution in [2.45, 2.75) is 44.8 Å². The maximum absolute atomic E-state index is 12.1. The fourth-order valence-electron chi connectivity index (χ4n) is 1.63. The van der Waals surface area contributed by atoms with Crippen LogP contribution in [0.3, 0.4) is 0 Å². The van der Waals surface area contributed by atoms with Crippen molar-refractivity contribution in [3.8, 4) is 0 Å². The van der Waals surface area contributed by atoms with Crippen molar-refractivity contribution in [3.63, 3.8) is 0 Å². The Hall–Kier alpha value is -0.740. The van der Waals surface area contributed by atoms with E-state index < -0.39 is 18.6 Å². The van der Waals surface area contributed by atoms with Crippen molar-refractivity contribution in [1.82, 2.24) is 0 Å². The first-order chi connectivity index (χ1) is 7.79. The molecule has 2 N–H and O–H groups in total. The number of benzene rings is 1. The lowest BCUT2D eigenvalue weighted by atomic mass is 9.96. The molecule has 1 aromatic carbocycles. The third kappa shape index (κ3) is 5.74. The van der Waals surface area contributed by atoms with E-state index >= 15 is 0 Å². The Bertz CT molecular complexity index is 363. The van der Waals surface area contributed by atoms with Crippen LogP contribution in [-0.2, 0) is 0 Å². The Morgan fingerprint density at radius 1 is 1.17 bits per heavy atom. The molecule has 0 radical (unpaired) electrons. The number of hydrogen-bond acceptors (Lipinski definition) is 1. The first-order valence-corrected chi connectivity index (χ1v) is 5.72. The van der Waals surface area contributed by atoms with Crippen LogP contribution in [0.2, 0.25) is 0 Å². The Kier molecular flexibility index (Phi) is 6.71. The molecule has 0 aliphatic rings. The van der Waals surface area contributed by atoms with Gasteiger partial charge in [-0.15, -0.1) is 12.4 Å². The maximum atomic E-state index is 12.1. The molecule has 1 atom stereocenters. The third-order valence-corrected chi connectivity index (χ3v) is 2.74. The standard InChI is InChI=1S/C13H18F3N.ClH/c1-9(2)10-4-3-5-11(8-10)12(17)6-7-13(14,15)16;/h3-5,8-9,12H,6-7,17H2,1-2H3;1H/t12-;/m0./s1. The summed E-state index contributed by atoms with van der Waals surface area (Å²) in [5, 5.41) is 0. The van der Waals surface area contributed by atoms with Gasteiger partial charge in [0.2, 0.25) is 0 Å². The van der Waals surface area contributed by atoms with Crippen LogP contribution < -0.4 is 5.73 Å². The molecule has 1 nitrogen and oxygen atoms in total. The normalized spacial score (nSPS) is 13.3. The van der Waals surface area contributed by atoms with Crippen molar-refractivity contribution < 1.29 is 13.2 Å². The molecule has 0 spiro atoms. The maximum Gasteiger partial charge on any atom is 0.389 e. The van der Waals surface area contributed by atoms with Gasteiger partial charge >= 0.3 is 6.18 Å². The Morgan fingerprint density at radius 3 is 2.22 bits per heavy atom. The van der Waals surface area contributed by atoms with Gasteiger partial charge in [-0.05, 0) is 23.5 Å². The molecule has 18 heavy (non-hydrogen) atoms. The minimum Gasteiger partial charge on any atom is -0.324 e. The first-order valence-electron chi connectivity index (χ1n) is 5.72. The second-order valence-electron chi connectivity index (χ2n) is 4.59. The van der Waals surface area contributed by atoms with E-state index in [9.17, 15) is 13.2 Å². The summed E-state index contributed by atoms with van der Waals surface area (Å²) in [6.45, 7) is 4.08. The van der Waals surface area contributed by atoms with Gasteiger partial charge in [0.05, 0.1) is 0 Å². The van der Waals surface area contributed by atoms with Crippen LogP contribution in [0.1, 0.15) is 49.8 Å². The topological polar surface area (TPSA) is 26.0 Å². The molecule has 5 heteroatoms. The molecule has 0 aliphatic heterocycles. The fraction of sp³-hybridized carbons (Fsp3) is 0.538. The van der Waals surface area contributed by atoms with E-state index in [1.54, 1.807) is 6.07 Å². The second kappa shape index (κ2) is 7.00. The molecule has 0 aromatic heterocycles. The molecule has 1 rings (SSSR count). The molecule has 1 aromatic rings. The zero-order valence-corrected chi connectivity index (χ0v) is 11.3. The van der Waals surface area contributed by atoms with Gasteiger partial charge in [0.25, 0.3) is 0 Å². The lowest BCUT2D eigenvalue weighted by Crippen LogP contribution is -2.16. The van der Waals surface area contributed by atoms with E-state index in [-0.39, 0.29) is 18.8 Å². The SMILES string of the molecule is CC(C)c1cccc([C@@H](N)CCC(F)(F)F)c1.Cl. The monoisotopic (exact) mass is 281 g/mol. The highest BCUT2D eigenvalue weighted by atomic mass is 35.5. The average molecular weight is 282 g/mol. The van der Waals surface area contributed by atoms with Crippen LogP contribution >= 0.6 is 12.4 Å². The summed E-state index contributed by atoms with van der Waals surface area (Å²) in [6.07, 6.45) is -5.03. The van der Waals surface area contributed by atoms with Gasteiger partial charge in [-0.2, -0.15) is 13.2 Å². The molecular weight excluding hydrogens is 263 g/mol. The van der Waals surface area contributed by atoms with Crippen LogP contribution in [0.4, 0.5) is 13.2 Å². The van der Waals surface area contributed by atoms with Gasteiger partial charge < -0.3 is 5.73 Å². The molecule has 0 amide bonds. The smallest absolute Gasteiger partial charge is 0.324 e. The van der Waals surface area contributed by atoms with E-state index in [0.717, 1.165) is 11.1 Å². The highest BCUT2D eigenvalue weighted by Crippen LogP contribution is 2.27. The Morgan fingerprint density at radius 2 is 1.72 bits per heavy atom. The zero-order chi connectivity index (χ0) is 13.1. The summed E-state index contributed by atoms with van der Waals surface area (Å²) in [7, 11) is 0. The van der Waals surface area contributed by atoms with Crippen molar-refractivity contribution in [1.29, 1.82) is 0 Å². The van der Waals surface area contributed by atoms with Crippen molar-refractivity contribution in [2.75, 3.05) is 0 Å². The van der Waals surface area contributed by atoms with Gasteiger partial charge in [-0.25, -0.2) is 0 Å². The van der Waals surface area contributed by atoms with Gasteiger partial charge in [-0.3, -0.25) is 0 Å². The third-order valence-electron chi connectivity index (χ3n) is 2.74. The highest BCUT2D eigenvalue weighted by molar-refractivity contribution is 5.85. The predicted molar refractivity (Wildman–Crippen MR) is 70.0 cm³/mol. The minimum atomic E-state index is -4.13. The fourth-order valence-corrected chi connectivity index (χ4v) is 1.63. The van der Waals surface area contributed by atoms with Crippen LogP contribution in [0.25, 0.3) is 0 Å². The molecular formula is C13H19ClF3N. The van der Waals surface area contributed by atoms with Crippen LogP contribution in [0.5, 0.6) is 0 Å². The summed E-state index contributed by atoms with van der Waals surface area (Å²) in [5.74, 6) is 0.352. The van der Waals surface area contributed by atoms with Crippen LogP contribution in [0.15, 0.2) is 24.3 Å². The Balaban J connectivity index is 0.00000289. The average Bonchev–Trinajstić information content (AvgIpc) is 2.25. The molecule has 0 aliphatic carbocycles. The van der Waals surface area contributed by atoms with Gasteiger partial charge in [0.1, 0.15) is 0 Å². The molecule has 0 bridgehead atoms. The summed E-state index contributed by atoms with van der Waals surface area (Å²) >= 11 is 0. The lowest BCUT2D eigenvalue weighted by Gasteiger charge is -2.15. The number of rotatable bonds is 4. The van der Waals surface area contributed by atoms with Crippen LogP contribution in [0, 0.1) is 0 Å². The van der Waals surface area contributed by atoms with E-state index in [1.807, 2.05) is 32.0 Å². The molecule has 0 fully saturated rings. The van der Waals surface area contributed by atoms with Gasteiger partial charge in [0.15, 0.2) is 0 Å². The summed E-state index contributed by atoms with van der Waals surface area (Å²) in [4.78, 5) is 0. The van der Waals surface area contributed by atoms with Crippen molar-refractivity contribution in [2.24, 2.45) is 5.73 Å². The quantitative estimate of drug-likeness (QED) is 0.859. The van der Waals surface area contributed by atoms with E-state index in [4.69, 9.17) is 5.73 Å². The first kappa shape index (κ1) is 17.3. The van der Waals surface area contributed by atoms with Crippen molar-refractivity contribution in [3.05, 3.63) is 35.4 Å². The molecule has 0 saturated heterocycles. The molecule has 104 valence electrons. The molecule has 0 heterocycles. The second-order valence-corrected chi connectivity index (χ2v) is 4.59. The number of hydrogen-bond donors (Lipinski definition) is 1. The van der Waals surface area contributed by atoms with E-state index in [1.165, 1.54) is 0 Å². The number of halogens is 4. The van der Waals surface area contributed by atoms with Gasteiger partial charge in [0, 0.05) is 12.5 Å². The molecule has 0 unspecified atom stereocenters. The van der Waals surface area contributed by atoms with Gasteiger partial charge in [-0.1, -0.05) is 38.1 Å². The van der Waals surface area contributed by atoms with E-state index in [0.29, 0.717) is 5.92 Å². The molecule has 0 saturated carbocycles. The Labute approximate surface area is 112 Å². The zero-order valence-electron chi connectivity index (χ0n) is 10.5. The summed E-state index contributed by atoms with van der Waals surface area (Å²) in [5.41, 5.74) is 7.65. The predicted octanol–water partition coefficient (Wildman–Crippen LogP) is 4.57. The minimum absolute atomic E-state index is 0. The highest BCUT2D eigenvalue weighted by Gasteiger charge is 2.27. The lowest BCUT2D eigenvalue weighted by molar-refractivity contribution is -0.136. The summed E-state index contributed by atoms with van der Waals surface area (Å²) in [6, 6.07) is 6.94. The number of nitrogens with two attached hydrogens (primary N) is 1. The van der Waals surface area contributed by atoms with Crippen molar-refractivity contribution >= 4 is 12.4 Å².